The second kappa shape index (κ2) is 8.94. The fourth-order valence-corrected chi connectivity index (χ4v) is 3.44. The monoisotopic (exact) mass is 366 g/mol. The Kier molecular flexibility index (Phi) is 6.38. The number of para-hydroxylation sites is 1. The molecule has 27 heavy (non-hydrogen) atoms. The minimum Gasteiger partial charge on any atom is -0.481 e. The van der Waals surface area contributed by atoms with Crippen molar-refractivity contribution in [1.82, 2.24) is 5.32 Å². The number of rotatable bonds is 7. The molecular weight excluding hydrogens is 336 g/mol. The average Bonchev–Trinajstić information content (AvgIpc) is 3.21. The Balaban J connectivity index is 1.53. The molecule has 0 unspecified atom stereocenters. The lowest BCUT2D eigenvalue weighted by Crippen LogP contribution is -2.36. The van der Waals surface area contributed by atoms with Gasteiger partial charge < -0.3 is 15.0 Å². The molecule has 3 rings (SSSR count). The Bertz CT molecular complexity index is 749. The van der Waals surface area contributed by atoms with Gasteiger partial charge in [0.25, 0.3) is 5.91 Å². The third kappa shape index (κ3) is 5.03. The van der Waals surface area contributed by atoms with Gasteiger partial charge in [-0.1, -0.05) is 44.2 Å². The lowest BCUT2D eigenvalue weighted by atomic mass is 10.0. The van der Waals surface area contributed by atoms with Crippen molar-refractivity contribution in [3.8, 4) is 5.75 Å². The first-order valence-corrected chi connectivity index (χ1v) is 9.92. The van der Waals surface area contributed by atoms with Crippen LogP contribution >= 0.6 is 0 Å². The van der Waals surface area contributed by atoms with Crippen molar-refractivity contribution in [2.45, 2.75) is 52.2 Å². The maximum atomic E-state index is 12.4. The second-order valence-corrected chi connectivity index (χ2v) is 7.53. The molecule has 0 aromatic heterocycles. The lowest BCUT2D eigenvalue weighted by molar-refractivity contribution is -0.127. The Hall–Kier alpha value is -2.49. The number of anilines is 1. The van der Waals surface area contributed by atoms with E-state index in [0.717, 1.165) is 30.0 Å². The molecule has 1 aliphatic rings. The minimum absolute atomic E-state index is 0.0998. The van der Waals surface area contributed by atoms with E-state index in [1.165, 1.54) is 18.5 Å². The molecule has 0 radical (unpaired) electrons. The molecule has 0 spiro atoms. The van der Waals surface area contributed by atoms with Crippen LogP contribution in [0.3, 0.4) is 0 Å². The van der Waals surface area contributed by atoms with E-state index < -0.39 is 6.10 Å². The van der Waals surface area contributed by atoms with Crippen molar-refractivity contribution in [3.05, 3.63) is 59.7 Å². The Labute approximate surface area is 162 Å². The molecule has 144 valence electrons. The fourth-order valence-electron chi connectivity index (χ4n) is 3.44. The van der Waals surface area contributed by atoms with Gasteiger partial charge in [-0.3, -0.25) is 4.79 Å². The van der Waals surface area contributed by atoms with E-state index >= 15 is 0 Å². The smallest absolute Gasteiger partial charge is 0.261 e. The zero-order valence-corrected chi connectivity index (χ0v) is 16.6. The van der Waals surface area contributed by atoms with Gasteiger partial charge in [0.1, 0.15) is 5.75 Å². The standard InChI is InChI=1S/C23H30N2O2/c1-17(2)21-8-4-5-9-22(21)27-18(3)23(26)24-16-19-10-12-20(13-11-19)25-14-6-7-15-25/h4-5,8-13,17-18H,6-7,14-16H2,1-3H3,(H,24,26)/t18-/m1/s1. The summed E-state index contributed by atoms with van der Waals surface area (Å²) in [5, 5.41) is 2.98. The summed E-state index contributed by atoms with van der Waals surface area (Å²) in [5.74, 6) is 1.04. The van der Waals surface area contributed by atoms with Gasteiger partial charge in [-0.25, -0.2) is 0 Å². The molecule has 0 saturated carbocycles. The molecule has 0 bridgehead atoms. The number of carbonyl (C=O) groups excluding carboxylic acids is 1. The fraction of sp³-hybridized carbons (Fsp3) is 0.435. The predicted octanol–water partition coefficient (Wildman–Crippen LogP) is 4.49. The summed E-state index contributed by atoms with van der Waals surface area (Å²) in [6.45, 7) is 8.84. The zero-order valence-electron chi connectivity index (χ0n) is 16.6. The summed E-state index contributed by atoms with van der Waals surface area (Å²) in [6.07, 6.45) is 2.01. The molecule has 1 saturated heterocycles. The van der Waals surface area contributed by atoms with Crippen LogP contribution in [0.2, 0.25) is 0 Å². The molecule has 4 heteroatoms. The number of hydrogen-bond donors (Lipinski definition) is 1. The van der Waals surface area contributed by atoms with Crippen molar-refractivity contribution < 1.29 is 9.53 Å². The molecule has 2 aromatic rings. The van der Waals surface area contributed by atoms with Gasteiger partial charge in [0.2, 0.25) is 0 Å². The van der Waals surface area contributed by atoms with Crippen molar-refractivity contribution in [3.63, 3.8) is 0 Å². The van der Waals surface area contributed by atoms with Gasteiger partial charge in [0, 0.05) is 25.3 Å². The van der Waals surface area contributed by atoms with E-state index in [4.69, 9.17) is 4.74 Å². The van der Waals surface area contributed by atoms with Gasteiger partial charge in [0.05, 0.1) is 0 Å². The first-order valence-electron chi connectivity index (χ1n) is 9.92. The van der Waals surface area contributed by atoms with Crippen LogP contribution in [-0.2, 0) is 11.3 Å². The molecular formula is C23H30N2O2. The highest BCUT2D eigenvalue weighted by Crippen LogP contribution is 2.26. The average molecular weight is 367 g/mol. The van der Waals surface area contributed by atoms with Crippen LogP contribution in [0.4, 0.5) is 5.69 Å². The molecule has 1 N–H and O–H groups in total. The number of nitrogens with zero attached hydrogens (tertiary/aromatic N) is 1. The van der Waals surface area contributed by atoms with E-state index in [-0.39, 0.29) is 5.91 Å². The minimum atomic E-state index is -0.534. The maximum Gasteiger partial charge on any atom is 0.261 e. The summed E-state index contributed by atoms with van der Waals surface area (Å²) >= 11 is 0. The van der Waals surface area contributed by atoms with Crippen LogP contribution in [0.1, 0.15) is 50.7 Å². The molecule has 1 amide bonds. The van der Waals surface area contributed by atoms with E-state index in [1.54, 1.807) is 6.92 Å². The summed E-state index contributed by atoms with van der Waals surface area (Å²) in [4.78, 5) is 14.8. The SMILES string of the molecule is CC(C)c1ccccc1O[C@H](C)C(=O)NCc1ccc(N2CCCC2)cc1. The number of benzene rings is 2. The molecule has 0 aliphatic carbocycles. The highest BCUT2D eigenvalue weighted by atomic mass is 16.5. The van der Waals surface area contributed by atoms with E-state index in [0.29, 0.717) is 12.5 Å². The van der Waals surface area contributed by atoms with Gasteiger partial charge >= 0.3 is 0 Å². The maximum absolute atomic E-state index is 12.4. The lowest BCUT2D eigenvalue weighted by Gasteiger charge is -2.19. The molecule has 1 atom stereocenters. The summed E-state index contributed by atoms with van der Waals surface area (Å²) in [7, 11) is 0. The number of nitrogens with one attached hydrogen (secondary N) is 1. The van der Waals surface area contributed by atoms with E-state index in [1.807, 2.05) is 24.3 Å². The third-order valence-corrected chi connectivity index (χ3v) is 5.09. The van der Waals surface area contributed by atoms with Crippen LogP contribution < -0.4 is 15.0 Å². The van der Waals surface area contributed by atoms with Crippen molar-refractivity contribution in [1.29, 1.82) is 0 Å². The van der Waals surface area contributed by atoms with E-state index in [9.17, 15) is 4.79 Å². The number of ether oxygens (including phenoxy) is 1. The zero-order chi connectivity index (χ0) is 19.2. The normalized spacial score (nSPS) is 15.0. The first kappa shape index (κ1) is 19.3. The molecule has 1 aliphatic heterocycles. The van der Waals surface area contributed by atoms with Gasteiger partial charge in [-0.2, -0.15) is 0 Å². The number of carbonyl (C=O) groups is 1. The predicted molar refractivity (Wildman–Crippen MR) is 110 cm³/mol. The third-order valence-electron chi connectivity index (χ3n) is 5.09. The summed E-state index contributed by atoms with van der Waals surface area (Å²) in [6, 6.07) is 16.4. The topological polar surface area (TPSA) is 41.6 Å². The Morgan fingerprint density at radius 3 is 2.37 bits per heavy atom. The number of hydrogen-bond acceptors (Lipinski definition) is 3. The molecule has 2 aromatic carbocycles. The summed E-state index contributed by atoms with van der Waals surface area (Å²) in [5.41, 5.74) is 3.49. The molecule has 1 heterocycles. The van der Waals surface area contributed by atoms with Crippen LogP contribution in [0.15, 0.2) is 48.5 Å². The quantitative estimate of drug-likeness (QED) is 0.785. The largest absolute Gasteiger partial charge is 0.481 e. The van der Waals surface area contributed by atoms with Crippen LogP contribution in [0.25, 0.3) is 0 Å². The van der Waals surface area contributed by atoms with E-state index in [2.05, 4.69) is 48.3 Å². The second-order valence-electron chi connectivity index (χ2n) is 7.53. The van der Waals surface area contributed by atoms with Gasteiger partial charge in [0.15, 0.2) is 6.10 Å². The Morgan fingerprint density at radius 1 is 1.04 bits per heavy atom. The van der Waals surface area contributed by atoms with Crippen molar-refractivity contribution in [2.24, 2.45) is 0 Å². The first-order chi connectivity index (χ1) is 13.0. The van der Waals surface area contributed by atoms with Crippen LogP contribution in [0, 0.1) is 0 Å². The highest BCUT2D eigenvalue weighted by Gasteiger charge is 2.17. The van der Waals surface area contributed by atoms with Crippen LogP contribution in [-0.4, -0.2) is 25.1 Å². The van der Waals surface area contributed by atoms with Crippen molar-refractivity contribution in [2.75, 3.05) is 18.0 Å². The van der Waals surface area contributed by atoms with Crippen molar-refractivity contribution >= 4 is 11.6 Å². The molecule has 1 fully saturated rings. The van der Waals surface area contributed by atoms with Gasteiger partial charge in [-0.05, 0) is 55.0 Å². The highest BCUT2D eigenvalue weighted by molar-refractivity contribution is 5.80. The number of amides is 1. The van der Waals surface area contributed by atoms with Gasteiger partial charge in [-0.15, -0.1) is 0 Å². The summed E-state index contributed by atoms with van der Waals surface area (Å²) < 4.78 is 5.92. The Morgan fingerprint density at radius 2 is 1.70 bits per heavy atom. The molecule has 4 nitrogen and oxygen atoms in total. The van der Waals surface area contributed by atoms with Crippen LogP contribution in [0.5, 0.6) is 5.75 Å².